The summed E-state index contributed by atoms with van der Waals surface area (Å²) in [5, 5.41) is 20.1. The summed E-state index contributed by atoms with van der Waals surface area (Å²) in [4.78, 5) is 65.5. The van der Waals surface area contributed by atoms with E-state index in [2.05, 4.69) is 65.4 Å². The number of fused-ring (bicyclic) bond motifs is 6. The van der Waals surface area contributed by atoms with Crippen molar-refractivity contribution in [3.63, 3.8) is 0 Å². The summed E-state index contributed by atoms with van der Waals surface area (Å²) >= 11 is -2.15. The number of aromatic hydroxyl groups is 1. The number of hydrazine groups is 1. The molecule has 3 saturated heterocycles. The van der Waals surface area contributed by atoms with Crippen molar-refractivity contribution in [3.8, 4) is 40.0 Å². The Labute approximate surface area is 452 Å². The van der Waals surface area contributed by atoms with E-state index in [1.54, 1.807) is 32.5 Å². The van der Waals surface area contributed by atoms with E-state index in [1.807, 2.05) is 62.4 Å². The Morgan fingerprint density at radius 1 is 1.08 bits per heavy atom. The van der Waals surface area contributed by atoms with Crippen molar-refractivity contribution >= 4 is 45.7 Å². The summed E-state index contributed by atoms with van der Waals surface area (Å²) in [7, 11) is 3.27. The lowest BCUT2D eigenvalue weighted by Gasteiger charge is -2.53. The molecule has 3 aromatic carbocycles. The Balaban J connectivity index is 1.05. The van der Waals surface area contributed by atoms with Crippen LogP contribution in [-0.2, 0) is 57.4 Å². The summed E-state index contributed by atoms with van der Waals surface area (Å²) in [6.45, 7) is 11.5. The number of pyridine rings is 1. The number of phenolic OH excluding ortho intramolecular Hbond substituents is 1. The highest BCUT2D eigenvalue weighted by atomic mass is 32.2. The van der Waals surface area contributed by atoms with Gasteiger partial charge in [0.15, 0.2) is 0 Å². The number of aryl methyl sites for hydroxylation is 1. The predicted molar refractivity (Wildman–Crippen MR) is 290 cm³/mol. The fourth-order valence-electron chi connectivity index (χ4n) is 12.6. The Morgan fingerprint density at radius 3 is 2.58 bits per heavy atom. The third kappa shape index (κ3) is 10.4. The van der Waals surface area contributed by atoms with E-state index in [0.717, 1.165) is 38.9 Å². The van der Waals surface area contributed by atoms with Crippen LogP contribution in [0.15, 0.2) is 79.0 Å². The molecule has 77 heavy (non-hydrogen) atoms. The van der Waals surface area contributed by atoms with Gasteiger partial charge >= 0.3 is 5.97 Å². The third-order valence-corrected chi connectivity index (χ3v) is 16.9. The highest BCUT2D eigenvalue weighted by Crippen LogP contribution is 2.57. The summed E-state index contributed by atoms with van der Waals surface area (Å²) in [5.41, 5.74) is 10.6. The Bertz CT molecular complexity index is 3180. The van der Waals surface area contributed by atoms with Gasteiger partial charge in [-0.15, -0.1) is 0 Å². The van der Waals surface area contributed by atoms with Gasteiger partial charge in [-0.2, -0.15) is 0 Å². The Kier molecular flexibility index (Phi) is 15.5. The van der Waals surface area contributed by atoms with Gasteiger partial charge < -0.3 is 44.0 Å². The van der Waals surface area contributed by atoms with E-state index < -0.39 is 70.5 Å². The van der Waals surface area contributed by atoms with E-state index in [1.165, 1.54) is 9.91 Å². The third-order valence-electron chi connectivity index (χ3n) is 16.4. The number of nitrogens with one attached hydrogen (secondary N) is 3. The zero-order valence-electron chi connectivity index (χ0n) is 44.7. The lowest BCUT2D eigenvalue weighted by molar-refractivity contribution is -0.171. The van der Waals surface area contributed by atoms with Gasteiger partial charge in [0.2, 0.25) is 5.91 Å². The Hall–Kier alpha value is -6.46. The summed E-state index contributed by atoms with van der Waals surface area (Å²) < 4.78 is 43.3. The average Bonchev–Trinajstić information content (AvgIpc) is 4.27. The number of rotatable bonds is 12. The van der Waals surface area contributed by atoms with Crippen molar-refractivity contribution in [1.29, 1.82) is 0 Å². The zero-order chi connectivity index (χ0) is 54.4. The van der Waals surface area contributed by atoms with Crippen LogP contribution < -0.4 is 16.1 Å². The molecule has 0 radical (unpaired) electrons. The van der Waals surface area contributed by atoms with Crippen LogP contribution in [0.2, 0.25) is 0 Å². The van der Waals surface area contributed by atoms with Crippen LogP contribution in [0.3, 0.4) is 0 Å². The maximum atomic E-state index is 15.2. The minimum absolute atomic E-state index is 0.00217. The molecule has 5 aromatic rings. The number of esters is 1. The van der Waals surface area contributed by atoms with Gasteiger partial charge in [-0.05, 0) is 96.2 Å². The van der Waals surface area contributed by atoms with E-state index in [9.17, 15) is 28.3 Å². The van der Waals surface area contributed by atoms with Gasteiger partial charge in [-0.1, -0.05) is 93.1 Å². The zero-order valence-corrected chi connectivity index (χ0v) is 45.5. The minimum atomic E-state index is -2.15. The summed E-state index contributed by atoms with van der Waals surface area (Å²) in [6.07, 6.45) is 2.08. The largest absolute Gasteiger partial charge is 0.772 e. The van der Waals surface area contributed by atoms with Crippen LogP contribution in [0, 0.1) is 29.1 Å². The van der Waals surface area contributed by atoms with E-state index in [0.29, 0.717) is 54.8 Å². The SMILES string of the molecule is CCn1c2c3c4cc(ccc41)-c1cc(O)cc(c1)CC(NC(=O)C(C(C)C)N(C)C(=O)C1OCCC1c1ccccc1)C(=O)N1NC(C(=O)OCC(C)(C)C3C(OC)c3ncc(C#CCNCCS(=O)[O-])cc3-2)C2CC1C2. The van der Waals surface area contributed by atoms with Crippen LogP contribution in [0.4, 0.5) is 0 Å². The quantitative estimate of drug-likeness (QED) is 0.0499. The highest BCUT2D eigenvalue weighted by Gasteiger charge is 2.53. The van der Waals surface area contributed by atoms with Gasteiger partial charge in [-0.3, -0.25) is 33.4 Å². The van der Waals surface area contributed by atoms with Crippen molar-refractivity contribution in [2.75, 3.05) is 46.2 Å². The van der Waals surface area contributed by atoms with E-state index in [-0.39, 0.29) is 67.3 Å². The molecule has 2 aromatic heterocycles. The van der Waals surface area contributed by atoms with E-state index >= 15 is 4.79 Å². The molecule has 4 aliphatic heterocycles. The molecule has 8 bridgehead atoms. The number of nitrogens with zero attached hydrogens (tertiary/aromatic N) is 4. The molecular formula is C59H68N7O10S-. The molecule has 8 atom stereocenters. The summed E-state index contributed by atoms with van der Waals surface area (Å²) in [5.74, 6) is 3.42. The number of ether oxygens (including phenoxy) is 3. The first-order valence-corrected chi connectivity index (χ1v) is 28.0. The molecule has 11 rings (SSSR count). The standard InChI is InChI=1S/C59H69N7O10S/c1-8-65-46-17-16-37-30-43(46)47-48(54(74-7)50-44(52(47)65)25-34(31-61-50)13-12-19-60-20-22-77(72)73)59(4,5)32-76-58(71)49-39-27-40(28-39)66(63-49)56(69)45(26-35-23-38(37)29-41(67)24-35)62-55(68)51(33(2)3)64(6)57(70)53-42(18-21-75-53)36-14-10-9-11-15-36/h9-11,14-17,23-25,29-31,33,39-40,42,45,48-49,51,53-54,60,63,67H,8,18-22,26-28,32H2,1-7H3,(H,62,68)(H,72,73)/p-1. The molecule has 3 amide bonds. The number of carbonyl (C=O) groups excluding carboxylic acids is 4. The summed E-state index contributed by atoms with van der Waals surface area (Å²) in [6, 6.07) is 19.9. The number of amides is 3. The van der Waals surface area contributed by atoms with Crippen LogP contribution in [-0.4, -0.2) is 134 Å². The normalized spacial score (nSPS) is 25.1. The first-order valence-electron chi connectivity index (χ1n) is 26.7. The van der Waals surface area contributed by atoms with Crippen LogP contribution in [0.5, 0.6) is 5.75 Å². The number of phenols is 1. The first kappa shape index (κ1) is 53.9. The number of carbonyl (C=O) groups is 4. The van der Waals surface area contributed by atoms with Gasteiger partial charge in [0.05, 0.1) is 24.5 Å². The molecule has 8 unspecified atom stereocenters. The Morgan fingerprint density at radius 2 is 1.86 bits per heavy atom. The number of likely N-dealkylation sites (N-methyl/N-ethyl adjacent to an activating group) is 1. The predicted octanol–water partition coefficient (Wildman–Crippen LogP) is 5.86. The molecule has 0 spiro atoms. The number of cyclic esters (lactones) is 1. The molecule has 2 aliphatic carbocycles. The molecule has 18 heteroatoms. The van der Waals surface area contributed by atoms with Crippen molar-refractivity contribution in [2.24, 2.45) is 17.3 Å². The minimum Gasteiger partial charge on any atom is -0.772 e. The molecular weight excluding hydrogens is 999 g/mol. The highest BCUT2D eigenvalue weighted by molar-refractivity contribution is 7.79. The fourth-order valence-corrected chi connectivity index (χ4v) is 12.9. The molecule has 1 saturated carbocycles. The van der Waals surface area contributed by atoms with Crippen LogP contribution in [0.1, 0.15) is 99.8 Å². The second-order valence-corrected chi connectivity index (χ2v) is 23.2. The average molecular weight is 1070 g/mol. The number of hydrogen-bond donors (Lipinski definition) is 4. The molecule has 6 heterocycles. The second-order valence-electron chi connectivity index (χ2n) is 22.2. The number of hydrogen-bond acceptors (Lipinski definition) is 13. The molecule has 6 aliphatic rings. The second kappa shape index (κ2) is 22.1. The molecule has 406 valence electrons. The topological polar surface area (TPSA) is 217 Å². The van der Waals surface area contributed by atoms with Crippen LogP contribution >= 0.6 is 0 Å². The maximum Gasteiger partial charge on any atom is 0.325 e. The van der Waals surface area contributed by atoms with Gasteiger partial charge in [-0.25, -0.2) is 5.43 Å². The van der Waals surface area contributed by atoms with Crippen molar-refractivity contribution in [3.05, 3.63) is 107 Å². The van der Waals surface area contributed by atoms with Crippen LogP contribution in [0.25, 0.3) is 33.3 Å². The van der Waals surface area contributed by atoms with Crippen molar-refractivity contribution in [2.45, 2.75) is 115 Å². The molecule has 4 fully saturated rings. The monoisotopic (exact) mass is 1070 g/mol. The smallest absolute Gasteiger partial charge is 0.325 e. The van der Waals surface area contributed by atoms with E-state index in [4.69, 9.17) is 19.2 Å². The number of methoxy groups -OCH3 is 1. The van der Waals surface area contributed by atoms with Gasteiger partial charge in [0.25, 0.3) is 11.8 Å². The number of benzene rings is 3. The number of aromatic nitrogens is 2. The van der Waals surface area contributed by atoms with Crippen molar-refractivity contribution in [1.82, 2.24) is 35.5 Å². The first-order chi connectivity index (χ1) is 37.0. The lowest BCUT2D eigenvalue weighted by atomic mass is 9.67. The molecule has 4 N–H and O–H groups in total. The van der Waals surface area contributed by atoms with Crippen molar-refractivity contribution < 1.29 is 47.3 Å². The lowest BCUT2D eigenvalue weighted by Crippen LogP contribution is -2.72. The molecule has 17 nitrogen and oxygen atoms in total. The maximum absolute atomic E-state index is 15.2. The fraction of sp³-hybridized carbons (Fsp3) is 0.475. The van der Waals surface area contributed by atoms with Gasteiger partial charge in [0.1, 0.15) is 36.1 Å². The van der Waals surface area contributed by atoms with Gasteiger partial charge in [0, 0.05) is 97.5 Å².